The quantitative estimate of drug-likeness (QED) is 0.331. The van der Waals surface area contributed by atoms with E-state index in [1.165, 1.54) is 5.56 Å². The SMILES string of the molecule is CCc1ccc(NC(=O)C2CCN(Cc3nc4ccccc4n3-c3cccc(Br)c3)CC2)cc1. The number of likely N-dealkylation sites (tertiary alicyclic amines) is 1. The number of halogens is 1. The van der Waals surface area contributed by atoms with Gasteiger partial charge in [0.15, 0.2) is 0 Å². The van der Waals surface area contributed by atoms with Gasteiger partial charge in [0.25, 0.3) is 0 Å². The fourth-order valence-electron chi connectivity index (χ4n) is 4.71. The molecule has 1 amide bonds. The van der Waals surface area contributed by atoms with Gasteiger partial charge in [-0.15, -0.1) is 0 Å². The molecule has 1 fully saturated rings. The number of para-hydroxylation sites is 2. The minimum absolute atomic E-state index is 0.0472. The summed E-state index contributed by atoms with van der Waals surface area (Å²) in [6.45, 7) is 4.66. The molecule has 34 heavy (non-hydrogen) atoms. The third-order valence-corrected chi connectivity index (χ3v) is 7.14. The molecule has 5 nitrogen and oxygen atoms in total. The van der Waals surface area contributed by atoms with Crippen LogP contribution in [0.15, 0.2) is 77.3 Å². The number of aromatic nitrogens is 2. The molecule has 3 aromatic carbocycles. The summed E-state index contributed by atoms with van der Waals surface area (Å²) in [5, 5.41) is 3.10. The van der Waals surface area contributed by atoms with Crippen molar-refractivity contribution in [1.29, 1.82) is 0 Å². The Morgan fingerprint density at radius 2 is 1.79 bits per heavy atom. The molecule has 174 valence electrons. The predicted octanol–water partition coefficient (Wildman–Crippen LogP) is 6.20. The highest BCUT2D eigenvalue weighted by Crippen LogP contribution is 2.26. The molecular weight excluding hydrogens is 488 g/mol. The number of nitrogens with one attached hydrogen (secondary N) is 1. The van der Waals surface area contributed by atoms with Crippen LogP contribution in [0.5, 0.6) is 0 Å². The molecule has 0 atom stereocenters. The number of hydrogen-bond acceptors (Lipinski definition) is 3. The lowest BCUT2D eigenvalue weighted by Crippen LogP contribution is -2.38. The molecule has 0 unspecified atom stereocenters. The Bertz CT molecular complexity index is 1290. The number of imidazole rings is 1. The standard InChI is InChI=1S/C28H29BrN4O/c1-2-20-10-12-23(13-11-20)30-28(34)21-14-16-32(17-15-21)19-27-31-25-8-3-4-9-26(25)33(27)24-7-5-6-22(29)18-24/h3-13,18,21H,2,14-17,19H2,1H3,(H,30,34). The van der Waals surface area contributed by atoms with Crippen molar-refractivity contribution in [3.63, 3.8) is 0 Å². The minimum atomic E-state index is 0.0472. The molecule has 0 radical (unpaired) electrons. The van der Waals surface area contributed by atoms with Gasteiger partial charge in [0.2, 0.25) is 5.91 Å². The molecule has 0 saturated carbocycles. The molecule has 5 rings (SSSR count). The molecule has 1 aliphatic rings. The summed E-state index contributed by atoms with van der Waals surface area (Å²) in [7, 11) is 0. The van der Waals surface area contributed by atoms with Crippen LogP contribution in [-0.4, -0.2) is 33.4 Å². The highest BCUT2D eigenvalue weighted by atomic mass is 79.9. The molecule has 4 aromatic rings. The number of carbonyl (C=O) groups is 1. The maximum atomic E-state index is 12.8. The van der Waals surface area contributed by atoms with Crippen LogP contribution in [0.2, 0.25) is 0 Å². The molecule has 0 aliphatic carbocycles. The van der Waals surface area contributed by atoms with Gasteiger partial charge in [0.1, 0.15) is 5.82 Å². The second kappa shape index (κ2) is 10.1. The first-order valence-electron chi connectivity index (χ1n) is 11.9. The van der Waals surface area contributed by atoms with Crippen molar-refractivity contribution in [3.8, 4) is 5.69 Å². The highest BCUT2D eigenvalue weighted by Gasteiger charge is 2.26. The molecule has 0 bridgehead atoms. The van der Waals surface area contributed by atoms with Crippen molar-refractivity contribution in [1.82, 2.24) is 14.5 Å². The monoisotopic (exact) mass is 516 g/mol. The summed E-state index contributed by atoms with van der Waals surface area (Å²) >= 11 is 3.60. The van der Waals surface area contributed by atoms with E-state index in [2.05, 4.69) is 86.2 Å². The molecular formula is C28H29BrN4O. The number of amides is 1. The van der Waals surface area contributed by atoms with Gasteiger partial charge >= 0.3 is 0 Å². The van der Waals surface area contributed by atoms with Crippen LogP contribution in [0.3, 0.4) is 0 Å². The number of piperidine rings is 1. The minimum Gasteiger partial charge on any atom is -0.326 e. The summed E-state index contributed by atoms with van der Waals surface area (Å²) in [6, 6.07) is 24.8. The average Bonchev–Trinajstić information content (AvgIpc) is 3.22. The number of carbonyl (C=O) groups excluding carboxylic acids is 1. The normalized spacial score (nSPS) is 15.0. The van der Waals surface area contributed by atoms with Gasteiger partial charge in [0.05, 0.1) is 17.6 Å². The summed E-state index contributed by atoms with van der Waals surface area (Å²) in [5.41, 5.74) is 5.37. The van der Waals surface area contributed by atoms with Crippen LogP contribution in [-0.2, 0) is 17.8 Å². The van der Waals surface area contributed by atoms with Crippen LogP contribution >= 0.6 is 15.9 Å². The van der Waals surface area contributed by atoms with Crippen molar-refractivity contribution >= 4 is 38.6 Å². The maximum absolute atomic E-state index is 12.8. The third-order valence-electron chi connectivity index (χ3n) is 6.65. The number of aryl methyl sites for hydroxylation is 1. The van der Waals surface area contributed by atoms with Crippen molar-refractivity contribution < 1.29 is 4.79 Å². The van der Waals surface area contributed by atoms with E-state index < -0.39 is 0 Å². The largest absolute Gasteiger partial charge is 0.326 e. The van der Waals surface area contributed by atoms with Gasteiger partial charge < -0.3 is 5.32 Å². The number of fused-ring (bicyclic) bond motifs is 1. The van der Waals surface area contributed by atoms with Gasteiger partial charge in [0, 0.05) is 21.8 Å². The van der Waals surface area contributed by atoms with E-state index in [1.54, 1.807) is 0 Å². The highest BCUT2D eigenvalue weighted by molar-refractivity contribution is 9.10. The molecule has 1 aliphatic heterocycles. The fourth-order valence-corrected chi connectivity index (χ4v) is 5.09. The lowest BCUT2D eigenvalue weighted by molar-refractivity contribution is -0.121. The molecule has 6 heteroatoms. The first-order valence-corrected chi connectivity index (χ1v) is 12.7. The Kier molecular flexibility index (Phi) is 6.79. The smallest absolute Gasteiger partial charge is 0.227 e. The fraction of sp³-hybridized carbons (Fsp3) is 0.286. The van der Waals surface area contributed by atoms with Crippen LogP contribution in [0, 0.1) is 5.92 Å². The van der Waals surface area contributed by atoms with E-state index >= 15 is 0 Å². The van der Waals surface area contributed by atoms with Crippen LogP contribution in [0.25, 0.3) is 16.7 Å². The number of hydrogen-bond donors (Lipinski definition) is 1. The van der Waals surface area contributed by atoms with E-state index in [0.717, 1.165) is 71.6 Å². The van der Waals surface area contributed by atoms with Crippen molar-refractivity contribution in [2.24, 2.45) is 5.92 Å². The summed E-state index contributed by atoms with van der Waals surface area (Å²) in [6.07, 6.45) is 2.72. The zero-order valence-electron chi connectivity index (χ0n) is 19.4. The van der Waals surface area contributed by atoms with Crippen LogP contribution in [0.1, 0.15) is 31.2 Å². The Morgan fingerprint density at radius 1 is 1.03 bits per heavy atom. The molecule has 1 N–H and O–H groups in total. The van der Waals surface area contributed by atoms with Crippen molar-refractivity contribution in [2.75, 3.05) is 18.4 Å². The van der Waals surface area contributed by atoms with Gasteiger partial charge in [-0.25, -0.2) is 4.98 Å². The zero-order chi connectivity index (χ0) is 23.5. The van der Waals surface area contributed by atoms with Gasteiger partial charge in [-0.2, -0.15) is 0 Å². The third kappa shape index (κ3) is 4.93. The van der Waals surface area contributed by atoms with Gasteiger partial charge in [-0.1, -0.05) is 53.2 Å². The average molecular weight is 517 g/mol. The Balaban J connectivity index is 1.27. The van der Waals surface area contributed by atoms with Gasteiger partial charge in [-0.05, 0) is 80.4 Å². The number of anilines is 1. The van der Waals surface area contributed by atoms with E-state index in [-0.39, 0.29) is 11.8 Å². The molecule has 2 heterocycles. The first kappa shape index (κ1) is 22.8. The topological polar surface area (TPSA) is 50.2 Å². The summed E-state index contributed by atoms with van der Waals surface area (Å²) in [4.78, 5) is 20.2. The van der Waals surface area contributed by atoms with E-state index in [4.69, 9.17) is 4.98 Å². The molecule has 0 spiro atoms. The van der Waals surface area contributed by atoms with E-state index in [9.17, 15) is 4.79 Å². The summed E-state index contributed by atoms with van der Waals surface area (Å²) < 4.78 is 3.30. The second-order valence-corrected chi connectivity index (χ2v) is 9.84. The Hall–Kier alpha value is -2.96. The second-order valence-electron chi connectivity index (χ2n) is 8.92. The lowest BCUT2D eigenvalue weighted by atomic mass is 9.95. The lowest BCUT2D eigenvalue weighted by Gasteiger charge is -2.31. The molecule has 1 saturated heterocycles. The number of nitrogens with zero attached hydrogens (tertiary/aromatic N) is 3. The first-order chi connectivity index (χ1) is 16.6. The van der Waals surface area contributed by atoms with Crippen LogP contribution < -0.4 is 5.32 Å². The number of benzene rings is 3. The Morgan fingerprint density at radius 3 is 2.53 bits per heavy atom. The maximum Gasteiger partial charge on any atom is 0.227 e. The Labute approximate surface area is 208 Å². The van der Waals surface area contributed by atoms with Crippen LogP contribution in [0.4, 0.5) is 5.69 Å². The van der Waals surface area contributed by atoms with Gasteiger partial charge in [-0.3, -0.25) is 14.3 Å². The van der Waals surface area contributed by atoms with E-state index in [0.29, 0.717) is 0 Å². The van der Waals surface area contributed by atoms with Crippen molar-refractivity contribution in [2.45, 2.75) is 32.7 Å². The number of rotatable bonds is 6. The predicted molar refractivity (Wildman–Crippen MR) is 141 cm³/mol. The summed E-state index contributed by atoms with van der Waals surface area (Å²) in [5.74, 6) is 1.20. The van der Waals surface area contributed by atoms with Crippen molar-refractivity contribution in [3.05, 3.63) is 88.7 Å². The zero-order valence-corrected chi connectivity index (χ0v) is 21.0. The van der Waals surface area contributed by atoms with E-state index in [1.807, 2.05) is 24.3 Å². The molecule has 1 aromatic heterocycles.